The molecule has 1 saturated carbocycles. The van der Waals surface area contributed by atoms with E-state index in [1.54, 1.807) is 13.2 Å². The van der Waals surface area contributed by atoms with Gasteiger partial charge in [-0.2, -0.15) is 0 Å². The summed E-state index contributed by atoms with van der Waals surface area (Å²) in [5.74, 6) is 0.575. The van der Waals surface area contributed by atoms with Gasteiger partial charge in [0.25, 0.3) is 5.56 Å². The number of aromatic nitrogens is 3. The molecule has 7 nitrogen and oxygen atoms in total. The first-order chi connectivity index (χ1) is 13.9. The highest BCUT2D eigenvalue weighted by Crippen LogP contribution is 2.28. The zero-order chi connectivity index (χ0) is 20.5. The van der Waals surface area contributed by atoms with Crippen molar-refractivity contribution >= 4 is 34.0 Å². The van der Waals surface area contributed by atoms with Gasteiger partial charge in [-0.1, -0.05) is 11.6 Å². The predicted molar refractivity (Wildman–Crippen MR) is 117 cm³/mol. The number of hydrogen-bond donors (Lipinski definition) is 2. The molecule has 2 aromatic heterocycles. The largest absolute Gasteiger partial charge is 0.382 e. The number of nitrogens with zero attached hydrogens (tertiary/aromatic N) is 3. The standard InChI is InChI=1S/C21H24ClN5O2/c1-26-19(12-20(28)27(2)21(26)29)25-15-6-4-14(5-7-15)24-17-9-10-23-18-11-13(22)3-8-16(17)18/h3,8-12,14-15,25H,4-7H2,1-2H3,(H,23,24)/t14-,15+. The molecule has 2 heterocycles. The molecule has 0 unspecified atom stereocenters. The van der Waals surface area contributed by atoms with Gasteiger partial charge in [0.1, 0.15) is 5.82 Å². The minimum atomic E-state index is -0.319. The van der Waals surface area contributed by atoms with Gasteiger partial charge in [-0.3, -0.25) is 18.9 Å². The van der Waals surface area contributed by atoms with E-state index in [2.05, 4.69) is 15.6 Å². The zero-order valence-electron chi connectivity index (χ0n) is 16.5. The summed E-state index contributed by atoms with van der Waals surface area (Å²) >= 11 is 6.08. The molecule has 8 heteroatoms. The minimum Gasteiger partial charge on any atom is -0.382 e. The number of anilines is 2. The number of benzene rings is 1. The highest BCUT2D eigenvalue weighted by atomic mass is 35.5. The van der Waals surface area contributed by atoms with Crippen molar-refractivity contribution in [1.29, 1.82) is 0 Å². The van der Waals surface area contributed by atoms with Gasteiger partial charge in [0.2, 0.25) is 0 Å². The smallest absolute Gasteiger partial charge is 0.332 e. The van der Waals surface area contributed by atoms with Gasteiger partial charge in [-0.15, -0.1) is 0 Å². The molecule has 0 saturated heterocycles. The van der Waals surface area contributed by atoms with Crippen LogP contribution in [0, 0.1) is 0 Å². The molecule has 0 bridgehead atoms. The molecule has 1 aliphatic carbocycles. The Hall–Kier alpha value is -2.80. The van der Waals surface area contributed by atoms with Crippen LogP contribution in [0.15, 0.2) is 46.1 Å². The fourth-order valence-electron chi connectivity index (χ4n) is 3.93. The molecule has 29 heavy (non-hydrogen) atoms. The fourth-order valence-corrected chi connectivity index (χ4v) is 4.10. The maximum Gasteiger partial charge on any atom is 0.332 e. The number of pyridine rings is 1. The van der Waals surface area contributed by atoms with Gasteiger partial charge in [-0.05, 0) is 49.9 Å². The Bertz CT molecular complexity index is 1160. The maximum atomic E-state index is 12.1. The van der Waals surface area contributed by atoms with Crippen LogP contribution in [0.4, 0.5) is 11.5 Å². The van der Waals surface area contributed by atoms with E-state index in [9.17, 15) is 9.59 Å². The molecule has 1 fully saturated rings. The van der Waals surface area contributed by atoms with Crippen LogP contribution < -0.4 is 21.9 Å². The summed E-state index contributed by atoms with van der Waals surface area (Å²) in [5.41, 5.74) is 1.33. The Morgan fingerprint density at radius 3 is 2.38 bits per heavy atom. The lowest BCUT2D eigenvalue weighted by atomic mass is 9.91. The lowest BCUT2D eigenvalue weighted by Gasteiger charge is -2.31. The maximum absolute atomic E-state index is 12.1. The van der Waals surface area contributed by atoms with Crippen LogP contribution in [0.1, 0.15) is 25.7 Å². The number of nitrogens with one attached hydrogen (secondary N) is 2. The molecule has 0 aliphatic heterocycles. The summed E-state index contributed by atoms with van der Waals surface area (Å²) in [6, 6.07) is 9.83. The van der Waals surface area contributed by atoms with Crippen LogP contribution in [0.3, 0.4) is 0 Å². The van der Waals surface area contributed by atoms with Crippen molar-refractivity contribution in [2.45, 2.75) is 37.8 Å². The van der Waals surface area contributed by atoms with E-state index in [4.69, 9.17) is 11.6 Å². The van der Waals surface area contributed by atoms with E-state index in [-0.39, 0.29) is 17.3 Å². The number of hydrogen-bond acceptors (Lipinski definition) is 5. The molecule has 1 aliphatic rings. The number of rotatable bonds is 4. The molecular weight excluding hydrogens is 390 g/mol. The van der Waals surface area contributed by atoms with Crippen LogP contribution in [0.5, 0.6) is 0 Å². The third-order valence-corrected chi connectivity index (χ3v) is 5.90. The van der Waals surface area contributed by atoms with Gasteiger partial charge < -0.3 is 10.6 Å². The van der Waals surface area contributed by atoms with E-state index in [0.29, 0.717) is 16.9 Å². The highest BCUT2D eigenvalue weighted by Gasteiger charge is 2.22. The van der Waals surface area contributed by atoms with Gasteiger partial charge in [-0.25, -0.2) is 4.79 Å². The molecular formula is C21H24ClN5O2. The average Bonchev–Trinajstić information content (AvgIpc) is 2.72. The van der Waals surface area contributed by atoms with Crippen molar-refractivity contribution in [1.82, 2.24) is 14.1 Å². The van der Waals surface area contributed by atoms with Crippen LogP contribution in [-0.2, 0) is 14.1 Å². The molecule has 152 valence electrons. The molecule has 0 radical (unpaired) electrons. The van der Waals surface area contributed by atoms with E-state index in [0.717, 1.165) is 46.8 Å². The Labute approximate surface area is 173 Å². The summed E-state index contributed by atoms with van der Waals surface area (Å²) in [6.07, 6.45) is 5.69. The lowest BCUT2D eigenvalue weighted by molar-refractivity contribution is 0.427. The number of halogens is 1. The highest BCUT2D eigenvalue weighted by molar-refractivity contribution is 6.31. The summed E-state index contributed by atoms with van der Waals surface area (Å²) in [5, 5.41) is 8.76. The number of fused-ring (bicyclic) bond motifs is 1. The fraction of sp³-hybridized carbons (Fsp3) is 0.381. The first-order valence-electron chi connectivity index (χ1n) is 9.77. The van der Waals surface area contributed by atoms with E-state index in [1.165, 1.54) is 17.7 Å². The van der Waals surface area contributed by atoms with Crippen LogP contribution >= 0.6 is 11.6 Å². The van der Waals surface area contributed by atoms with Crippen molar-refractivity contribution in [3.8, 4) is 0 Å². The first kappa shape index (κ1) is 19.5. The SMILES string of the molecule is Cn1c(N[C@H]2CC[C@@H](Nc3ccnc4cc(Cl)ccc34)CC2)cc(=O)n(C)c1=O. The molecule has 3 aromatic rings. The second-order valence-electron chi connectivity index (χ2n) is 7.63. The first-order valence-corrected chi connectivity index (χ1v) is 10.1. The second kappa shape index (κ2) is 7.91. The molecule has 1 aromatic carbocycles. The third-order valence-electron chi connectivity index (χ3n) is 5.67. The van der Waals surface area contributed by atoms with E-state index < -0.39 is 0 Å². The summed E-state index contributed by atoms with van der Waals surface area (Å²) < 4.78 is 2.60. The van der Waals surface area contributed by atoms with Crippen LogP contribution in [0.2, 0.25) is 5.02 Å². The predicted octanol–water partition coefficient (Wildman–Crippen LogP) is 3.12. The lowest BCUT2D eigenvalue weighted by Crippen LogP contribution is -2.39. The Morgan fingerprint density at radius 2 is 1.66 bits per heavy atom. The van der Waals surface area contributed by atoms with Crippen molar-refractivity contribution < 1.29 is 0 Å². The summed E-state index contributed by atoms with van der Waals surface area (Å²) in [4.78, 5) is 28.4. The third kappa shape index (κ3) is 4.00. The Morgan fingerprint density at radius 1 is 0.966 bits per heavy atom. The second-order valence-corrected chi connectivity index (χ2v) is 8.06. The molecule has 4 rings (SSSR count). The molecule has 0 atom stereocenters. The molecule has 0 amide bonds. The quantitative estimate of drug-likeness (QED) is 0.686. The minimum absolute atomic E-state index is 0.235. The average molecular weight is 414 g/mol. The Kier molecular flexibility index (Phi) is 5.32. The van der Waals surface area contributed by atoms with Crippen LogP contribution in [0.25, 0.3) is 10.9 Å². The summed E-state index contributed by atoms with van der Waals surface area (Å²) in [6.45, 7) is 0. The zero-order valence-corrected chi connectivity index (χ0v) is 17.2. The normalized spacial score (nSPS) is 19.3. The van der Waals surface area contributed by atoms with Gasteiger partial charge in [0.05, 0.1) is 5.52 Å². The van der Waals surface area contributed by atoms with Crippen molar-refractivity contribution in [3.05, 3.63) is 62.4 Å². The van der Waals surface area contributed by atoms with E-state index in [1.807, 2.05) is 24.3 Å². The van der Waals surface area contributed by atoms with Gasteiger partial charge >= 0.3 is 5.69 Å². The topological polar surface area (TPSA) is 81.0 Å². The molecule has 0 spiro atoms. The molecule has 2 N–H and O–H groups in total. The van der Waals surface area contributed by atoms with Gasteiger partial charge in [0, 0.05) is 54.5 Å². The van der Waals surface area contributed by atoms with Crippen molar-refractivity contribution in [2.75, 3.05) is 10.6 Å². The Balaban J connectivity index is 1.42. The summed E-state index contributed by atoms with van der Waals surface area (Å²) in [7, 11) is 3.17. The van der Waals surface area contributed by atoms with E-state index >= 15 is 0 Å². The van der Waals surface area contributed by atoms with Crippen molar-refractivity contribution in [2.24, 2.45) is 14.1 Å². The van der Waals surface area contributed by atoms with Crippen LogP contribution in [-0.4, -0.2) is 26.2 Å². The van der Waals surface area contributed by atoms with Crippen molar-refractivity contribution in [3.63, 3.8) is 0 Å². The van der Waals surface area contributed by atoms with Gasteiger partial charge in [0.15, 0.2) is 0 Å². The monoisotopic (exact) mass is 413 g/mol.